The fourth-order valence-electron chi connectivity index (χ4n) is 2.85. The Morgan fingerprint density at radius 3 is 2.61 bits per heavy atom. The van der Waals surface area contributed by atoms with Crippen LogP contribution < -0.4 is 11.1 Å². The van der Waals surface area contributed by atoms with Crippen molar-refractivity contribution in [3.8, 4) is 0 Å². The molecule has 18 heavy (non-hydrogen) atoms. The van der Waals surface area contributed by atoms with Gasteiger partial charge in [-0.05, 0) is 54.4 Å². The minimum absolute atomic E-state index is 0. The van der Waals surface area contributed by atoms with Crippen molar-refractivity contribution in [1.82, 2.24) is 0 Å². The molecule has 0 fully saturated rings. The lowest BCUT2D eigenvalue weighted by atomic mass is 9.94. The molecule has 0 radical (unpaired) electrons. The van der Waals surface area contributed by atoms with Crippen LogP contribution in [0.3, 0.4) is 0 Å². The molecular formula is C14H22N2O2. The average Bonchev–Trinajstić information content (AvgIpc) is 2.75. The van der Waals surface area contributed by atoms with Crippen molar-refractivity contribution in [1.29, 1.82) is 0 Å². The number of benzene rings is 1. The largest absolute Gasteiger partial charge is 0.412 e. The normalized spacial score (nSPS) is 12.8. The number of nitrogens with two attached hydrogens (primary N) is 1. The highest BCUT2D eigenvalue weighted by Crippen LogP contribution is 2.35. The van der Waals surface area contributed by atoms with E-state index in [-0.39, 0.29) is 5.48 Å². The Morgan fingerprint density at radius 1 is 1.33 bits per heavy atom. The van der Waals surface area contributed by atoms with Crippen molar-refractivity contribution in [2.24, 2.45) is 5.73 Å². The van der Waals surface area contributed by atoms with Gasteiger partial charge in [-0.15, -0.1) is 0 Å². The highest BCUT2D eigenvalue weighted by Gasteiger charge is 2.20. The Labute approximate surface area is 108 Å². The Bertz CT molecular complexity index is 456. The molecule has 2 amide bonds. The molecule has 0 spiro atoms. The summed E-state index contributed by atoms with van der Waals surface area (Å²) in [5.41, 5.74) is 11.6. The summed E-state index contributed by atoms with van der Waals surface area (Å²) >= 11 is 0. The second-order valence-corrected chi connectivity index (χ2v) is 4.58. The number of anilines is 1. The van der Waals surface area contributed by atoms with Crippen LogP contribution in [0, 0.1) is 0 Å². The number of aryl methyl sites for hydroxylation is 2. The zero-order valence-electron chi connectivity index (χ0n) is 11.1. The van der Waals surface area contributed by atoms with Crippen LogP contribution in [-0.2, 0) is 25.7 Å². The van der Waals surface area contributed by atoms with Crippen molar-refractivity contribution >= 4 is 11.7 Å². The Hall–Kier alpha value is -1.55. The van der Waals surface area contributed by atoms with Crippen LogP contribution >= 0.6 is 0 Å². The highest BCUT2D eigenvalue weighted by molar-refractivity contribution is 5.90. The number of rotatable bonds is 3. The van der Waals surface area contributed by atoms with Gasteiger partial charge in [0.05, 0.1) is 0 Å². The lowest BCUT2D eigenvalue weighted by Gasteiger charge is -2.17. The maximum Gasteiger partial charge on any atom is 0.316 e. The van der Waals surface area contributed by atoms with E-state index in [9.17, 15) is 4.79 Å². The van der Waals surface area contributed by atoms with Crippen LogP contribution in [0.15, 0.2) is 6.07 Å². The number of fused-ring (bicyclic) bond motifs is 1. The van der Waals surface area contributed by atoms with Crippen molar-refractivity contribution in [3.05, 3.63) is 28.3 Å². The predicted octanol–water partition coefficient (Wildman–Crippen LogP) is 1.97. The lowest BCUT2D eigenvalue weighted by molar-refractivity contribution is 0.259. The third-order valence-electron chi connectivity index (χ3n) is 3.58. The third kappa shape index (κ3) is 2.48. The fourth-order valence-corrected chi connectivity index (χ4v) is 2.85. The summed E-state index contributed by atoms with van der Waals surface area (Å²) in [5, 5.41) is 2.84. The minimum atomic E-state index is -0.456. The fraction of sp³-hybridized carbons (Fsp3) is 0.500. The molecule has 0 bridgehead atoms. The van der Waals surface area contributed by atoms with E-state index in [2.05, 4.69) is 25.2 Å². The molecule has 0 unspecified atom stereocenters. The quantitative estimate of drug-likeness (QED) is 0.844. The van der Waals surface area contributed by atoms with Gasteiger partial charge in [0.1, 0.15) is 0 Å². The molecule has 0 aromatic heterocycles. The molecule has 1 aliphatic carbocycles. The van der Waals surface area contributed by atoms with E-state index in [1.54, 1.807) is 0 Å². The monoisotopic (exact) mass is 250 g/mol. The van der Waals surface area contributed by atoms with Crippen LogP contribution in [0.4, 0.5) is 10.5 Å². The molecule has 5 N–H and O–H groups in total. The Morgan fingerprint density at radius 2 is 2.06 bits per heavy atom. The Kier molecular flexibility index (Phi) is 4.73. The molecule has 4 nitrogen and oxygen atoms in total. The molecule has 0 aliphatic heterocycles. The zero-order valence-corrected chi connectivity index (χ0v) is 11.1. The molecule has 100 valence electrons. The van der Waals surface area contributed by atoms with Crippen LogP contribution in [-0.4, -0.2) is 11.5 Å². The number of urea groups is 1. The van der Waals surface area contributed by atoms with Crippen molar-refractivity contribution in [2.75, 3.05) is 5.32 Å². The molecule has 1 aromatic carbocycles. The first-order valence-corrected chi connectivity index (χ1v) is 6.40. The van der Waals surface area contributed by atoms with Gasteiger partial charge in [-0.2, -0.15) is 0 Å². The third-order valence-corrected chi connectivity index (χ3v) is 3.58. The van der Waals surface area contributed by atoms with Gasteiger partial charge in [0.15, 0.2) is 0 Å². The molecule has 0 saturated carbocycles. The summed E-state index contributed by atoms with van der Waals surface area (Å²) in [6, 6.07) is 1.86. The molecule has 1 aromatic rings. The summed E-state index contributed by atoms with van der Waals surface area (Å²) in [4.78, 5) is 11.1. The van der Waals surface area contributed by atoms with Crippen LogP contribution in [0.1, 0.15) is 42.5 Å². The minimum Gasteiger partial charge on any atom is -0.412 e. The SMILES string of the molecule is CCc1cc2c(c(NC(N)=O)c1CC)CCC2.O. The molecular weight excluding hydrogens is 228 g/mol. The summed E-state index contributed by atoms with van der Waals surface area (Å²) in [7, 11) is 0. The summed E-state index contributed by atoms with van der Waals surface area (Å²) in [6.45, 7) is 4.28. The standard InChI is InChI=1S/C14H20N2O.H2O/c1-3-9-8-10-6-5-7-12(10)13(11(9)4-2)16-14(15)17;/h8H,3-7H2,1-2H3,(H3,15,16,17);1H2. The van der Waals surface area contributed by atoms with E-state index in [1.807, 2.05) is 0 Å². The van der Waals surface area contributed by atoms with E-state index in [4.69, 9.17) is 5.73 Å². The smallest absolute Gasteiger partial charge is 0.316 e. The maximum atomic E-state index is 11.1. The van der Waals surface area contributed by atoms with Crippen LogP contribution in [0.2, 0.25) is 0 Å². The lowest BCUT2D eigenvalue weighted by Crippen LogP contribution is -2.21. The number of hydrogen-bond acceptors (Lipinski definition) is 1. The van der Waals surface area contributed by atoms with E-state index in [0.29, 0.717) is 0 Å². The topological polar surface area (TPSA) is 86.6 Å². The first-order chi connectivity index (χ1) is 8.17. The van der Waals surface area contributed by atoms with Crippen LogP contribution in [0.25, 0.3) is 0 Å². The number of amides is 2. The summed E-state index contributed by atoms with van der Waals surface area (Å²) in [5.74, 6) is 0. The van der Waals surface area contributed by atoms with E-state index >= 15 is 0 Å². The number of carbonyl (C=O) groups excluding carboxylic acids is 1. The first-order valence-electron chi connectivity index (χ1n) is 6.40. The Balaban J connectivity index is 0.00000162. The number of nitrogens with one attached hydrogen (secondary N) is 1. The van der Waals surface area contributed by atoms with Crippen molar-refractivity contribution in [3.63, 3.8) is 0 Å². The van der Waals surface area contributed by atoms with Gasteiger partial charge in [-0.25, -0.2) is 4.79 Å². The van der Waals surface area contributed by atoms with E-state index in [1.165, 1.54) is 28.7 Å². The van der Waals surface area contributed by atoms with Gasteiger partial charge in [0.2, 0.25) is 0 Å². The maximum absolute atomic E-state index is 11.1. The highest BCUT2D eigenvalue weighted by atomic mass is 16.2. The van der Waals surface area contributed by atoms with E-state index < -0.39 is 6.03 Å². The molecule has 1 aliphatic rings. The predicted molar refractivity (Wildman–Crippen MR) is 74.0 cm³/mol. The summed E-state index contributed by atoms with van der Waals surface area (Å²) < 4.78 is 0. The van der Waals surface area contributed by atoms with Gasteiger partial charge in [0.25, 0.3) is 0 Å². The number of carbonyl (C=O) groups is 1. The molecule has 0 saturated heterocycles. The second kappa shape index (κ2) is 5.87. The number of hydrogen-bond donors (Lipinski definition) is 2. The zero-order chi connectivity index (χ0) is 12.4. The van der Waals surface area contributed by atoms with Gasteiger partial charge < -0.3 is 16.5 Å². The first kappa shape index (κ1) is 14.5. The summed E-state index contributed by atoms with van der Waals surface area (Å²) in [6.07, 6.45) is 5.30. The number of primary amides is 1. The van der Waals surface area contributed by atoms with Gasteiger partial charge in [-0.1, -0.05) is 19.9 Å². The van der Waals surface area contributed by atoms with Crippen molar-refractivity contribution in [2.45, 2.75) is 46.0 Å². The molecule has 0 heterocycles. The van der Waals surface area contributed by atoms with Crippen LogP contribution in [0.5, 0.6) is 0 Å². The van der Waals surface area contributed by atoms with Gasteiger partial charge in [-0.3, -0.25) is 0 Å². The molecule has 4 heteroatoms. The average molecular weight is 250 g/mol. The van der Waals surface area contributed by atoms with Gasteiger partial charge >= 0.3 is 6.03 Å². The molecule has 2 rings (SSSR count). The van der Waals surface area contributed by atoms with Gasteiger partial charge in [0, 0.05) is 5.69 Å². The van der Waals surface area contributed by atoms with Crippen molar-refractivity contribution < 1.29 is 10.3 Å². The molecule has 0 atom stereocenters. The second-order valence-electron chi connectivity index (χ2n) is 4.58. The van der Waals surface area contributed by atoms with E-state index in [0.717, 1.165) is 31.4 Å².